The standard InChI is InChI=1S/C14H12F3NO/c1-8-4-14(12(17)6-13(8)18)19-7-9-2-3-10(15)11(16)5-9/h2-6H,7,18H2,1H3. The third kappa shape index (κ3) is 2.99. The molecule has 0 fully saturated rings. The van der Waals surface area contributed by atoms with E-state index in [4.69, 9.17) is 10.5 Å². The van der Waals surface area contributed by atoms with Crippen LogP contribution >= 0.6 is 0 Å². The molecule has 2 aromatic rings. The lowest BCUT2D eigenvalue weighted by Crippen LogP contribution is -2.00. The number of nitrogens with two attached hydrogens (primary N) is 1. The molecule has 5 heteroatoms. The van der Waals surface area contributed by atoms with Crippen molar-refractivity contribution in [1.82, 2.24) is 0 Å². The maximum atomic E-state index is 13.5. The molecule has 0 aliphatic rings. The molecular formula is C14H12F3NO. The van der Waals surface area contributed by atoms with Crippen molar-refractivity contribution in [3.8, 4) is 5.75 Å². The first-order valence-corrected chi connectivity index (χ1v) is 5.59. The minimum atomic E-state index is -0.963. The van der Waals surface area contributed by atoms with Gasteiger partial charge >= 0.3 is 0 Å². The highest BCUT2D eigenvalue weighted by Crippen LogP contribution is 2.24. The summed E-state index contributed by atoms with van der Waals surface area (Å²) in [6.07, 6.45) is 0. The number of halogens is 3. The van der Waals surface area contributed by atoms with Crippen LogP contribution in [0.4, 0.5) is 18.9 Å². The van der Waals surface area contributed by atoms with Crippen molar-refractivity contribution in [3.63, 3.8) is 0 Å². The maximum absolute atomic E-state index is 13.5. The van der Waals surface area contributed by atoms with E-state index in [9.17, 15) is 13.2 Å². The first-order valence-electron chi connectivity index (χ1n) is 5.59. The van der Waals surface area contributed by atoms with Crippen LogP contribution in [0.3, 0.4) is 0 Å². The number of hydrogen-bond donors (Lipinski definition) is 1. The molecule has 19 heavy (non-hydrogen) atoms. The fourth-order valence-corrected chi connectivity index (χ4v) is 1.57. The molecule has 0 radical (unpaired) electrons. The van der Waals surface area contributed by atoms with Gasteiger partial charge in [0.1, 0.15) is 6.61 Å². The monoisotopic (exact) mass is 267 g/mol. The lowest BCUT2D eigenvalue weighted by molar-refractivity contribution is 0.289. The average Bonchev–Trinajstić information content (AvgIpc) is 2.36. The van der Waals surface area contributed by atoms with E-state index in [1.807, 2.05) is 0 Å². The third-order valence-electron chi connectivity index (χ3n) is 2.70. The average molecular weight is 267 g/mol. The van der Waals surface area contributed by atoms with Crippen molar-refractivity contribution < 1.29 is 17.9 Å². The van der Waals surface area contributed by atoms with E-state index in [0.29, 0.717) is 16.8 Å². The molecule has 2 N–H and O–H groups in total. The highest BCUT2D eigenvalue weighted by molar-refractivity contribution is 5.50. The van der Waals surface area contributed by atoms with Gasteiger partial charge < -0.3 is 10.5 Å². The molecule has 0 bridgehead atoms. The van der Waals surface area contributed by atoms with E-state index in [-0.39, 0.29) is 12.4 Å². The van der Waals surface area contributed by atoms with E-state index in [1.165, 1.54) is 12.1 Å². The first-order chi connectivity index (χ1) is 8.97. The quantitative estimate of drug-likeness (QED) is 0.863. The van der Waals surface area contributed by atoms with Crippen molar-refractivity contribution in [2.45, 2.75) is 13.5 Å². The Morgan fingerprint density at radius 3 is 2.42 bits per heavy atom. The lowest BCUT2D eigenvalue weighted by Gasteiger charge is -2.10. The summed E-state index contributed by atoms with van der Waals surface area (Å²) in [4.78, 5) is 0. The Kier molecular flexibility index (Phi) is 3.64. The molecule has 0 spiro atoms. The Balaban J connectivity index is 2.14. The molecule has 0 heterocycles. The Morgan fingerprint density at radius 1 is 1.00 bits per heavy atom. The van der Waals surface area contributed by atoms with Crippen LogP contribution in [0.1, 0.15) is 11.1 Å². The van der Waals surface area contributed by atoms with Crippen molar-refractivity contribution in [2.75, 3.05) is 5.73 Å². The predicted octanol–water partition coefficient (Wildman–Crippen LogP) is 3.57. The molecule has 0 saturated heterocycles. The van der Waals surface area contributed by atoms with Gasteiger partial charge in [-0.1, -0.05) is 6.07 Å². The summed E-state index contributed by atoms with van der Waals surface area (Å²) in [5, 5.41) is 0. The number of ether oxygens (including phenoxy) is 1. The summed E-state index contributed by atoms with van der Waals surface area (Å²) in [6, 6.07) is 6.01. The van der Waals surface area contributed by atoms with E-state index in [2.05, 4.69) is 0 Å². The van der Waals surface area contributed by atoms with Crippen molar-refractivity contribution in [1.29, 1.82) is 0 Å². The van der Waals surface area contributed by atoms with Gasteiger partial charge in [0.2, 0.25) is 0 Å². The van der Waals surface area contributed by atoms with Crippen LogP contribution < -0.4 is 10.5 Å². The first kappa shape index (κ1) is 13.3. The van der Waals surface area contributed by atoms with Crippen LogP contribution in [0.15, 0.2) is 30.3 Å². The molecule has 0 unspecified atom stereocenters. The fourth-order valence-electron chi connectivity index (χ4n) is 1.57. The molecule has 2 nitrogen and oxygen atoms in total. The Bertz CT molecular complexity index is 614. The van der Waals surface area contributed by atoms with Gasteiger partial charge in [-0.05, 0) is 36.2 Å². The summed E-state index contributed by atoms with van der Waals surface area (Å²) in [7, 11) is 0. The Morgan fingerprint density at radius 2 is 1.74 bits per heavy atom. The van der Waals surface area contributed by atoms with E-state index < -0.39 is 17.5 Å². The summed E-state index contributed by atoms with van der Waals surface area (Å²) < 4.78 is 44.5. The summed E-state index contributed by atoms with van der Waals surface area (Å²) in [5.74, 6) is -2.46. The second-order valence-corrected chi connectivity index (χ2v) is 4.18. The van der Waals surface area contributed by atoms with Crippen LogP contribution in [0.25, 0.3) is 0 Å². The molecule has 0 atom stereocenters. The molecule has 0 saturated carbocycles. The number of benzene rings is 2. The van der Waals surface area contributed by atoms with Crippen molar-refractivity contribution in [2.24, 2.45) is 0 Å². The summed E-state index contributed by atoms with van der Waals surface area (Å²) >= 11 is 0. The van der Waals surface area contributed by atoms with Gasteiger partial charge in [-0.25, -0.2) is 13.2 Å². The second kappa shape index (κ2) is 5.22. The minimum absolute atomic E-state index is 0.0245. The zero-order valence-corrected chi connectivity index (χ0v) is 10.2. The fraction of sp³-hybridized carbons (Fsp3) is 0.143. The molecule has 2 aromatic carbocycles. The smallest absolute Gasteiger partial charge is 0.167 e. The molecule has 0 aliphatic carbocycles. The number of rotatable bonds is 3. The van der Waals surface area contributed by atoms with Gasteiger partial charge in [0.05, 0.1) is 0 Å². The Hall–Kier alpha value is -2.17. The van der Waals surface area contributed by atoms with Crippen LogP contribution in [0.2, 0.25) is 0 Å². The zero-order valence-electron chi connectivity index (χ0n) is 10.2. The topological polar surface area (TPSA) is 35.2 Å². The van der Waals surface area contributed by atoms with Crippen molar-refractivity contribution >= 4 is 5.69 Å². The number of aryl methyl sites for hydroxylation is 1. The molecule has 0 amide bonds. The third-order valence-corrected chi connectivity index (χ3v) is 2.70. The van der Waals surface area contributed by atoms with Gasteiger partial charge in [-0.15, -0.1) is 0 Å². The Labute approximate surface area is 108 Å². The van der Waals surface area contributed by atoms with E-state index in [0.717, 1.165) is 18.2 Å². The molecule has 0 aromatic heterocycles. The van der Waals surface area contributed by atoms with Gasteiger partial charge in [0.15, 0.2) is 23.2 Å². The number of anilines is 1. The van der Waals surface area contributed by atoms with Gasteiger partial charge in [-0.2, -0.15) is 0 Å². The molecule has 100 valence electrons. The van der Waals surface area contributed by atoms with Crippen LogP contribution in [-0.2, 0) is 6.61 Å². The van der Waals surface area contributed by atoms with Crippen LogP contribution in [-0.4, -0.2) is 0 Å². The van der Waals surface area contributed by atoms with Crippen molar-refractivity contribution in [3.05, 3.63) is 58.9 Å². The highest BCUT2D eigenvalue weighted by atomic mass is 19.2. The number of hydrogen-bond acceptors (Lipinski definition) is 2. The molecule has 0 aliphatic heterocycles. The van der Waals surface area contributed by atoms with Crippen LogP contribution in [0.5, 0.6) is 5.75 Å². The summed E-state index contributed by atoms with van der Waals surface area (Å²) in [6.45, 7) is 1.66. The zero-order chi connectivity index (χ0) is 14.0. The normalized spacial score (nSPS) is 10.5. The summed E-state index contributed by atoms with van der Waals surface area (Å²) in [5.41, 5.74) is 6.97. The van der Waals surface area contributed by atoms with Crippen LogP contribution in [0, 0.1) is 24.4 Å². The van der Waals surface area contributed by atoms with Gasteiger partial charge in [0.25, 0.3) is 0 Å². The minimum Gasteiger partial charge on any atom is -0.486 e. The predicted molar refractivity (Wildman–Crippen MR) is 66.2 cm³/mol. The lowest BCUT2D eigenvalue weighted by atomic mass is 10.2. The van der Waals surface area contributed by atoms with E-state index in [1.54, 1.807) is 6.92 Å². The van der Waals surface area contributed by atoms with E-state index >= 15 is 0 Å². The highest BCUT2D eigenvalue weighted by Gasteiger charge is 2.08. The molecule has 2 rings (SSSR count). The maximum Gasteiger partial charge on any atom is 0.167 e. The largest absolute Gasteiger partial charge is 0.486 e. The number of nitrogen functional groups attached to an aromatic ring is 1. The van der Waals surface area contributed by atoms with Gasteiger partial charge in [-0.3, -0.25) is 0 Å². The molecular weight excluding hydrogens is 255 g/mol. The van der Waals surface area contributed by atoms with Gasteiger partial charge in [0, 0.05) is 11.8 Å². The second-order valence-electron chi connectivity index (χ2n) is 4.18. The SMILES string of the molecule is Cc1cc(OCc2ccc(F)c(F)c2)c(F)cc1N.